The zero-order valence-corrected chi connectivity index (χ0v) is 16.4. The van der Waals surface area contributed by atoms with Crippen LogP contribution in [0, 0.1) is 0 Å². The van der Waals surface area contributed by atoms with Gasteiger partial charge in [0.15, 0.2) is 0 Å². The third-order valence-corrected chi connectivity index (χ3v) is 9.20. The van der Waals surface area contributed by atoms with E-state index in [0.717, 1.165) is 15.9 Å². The molecule has 0 saturated carbocycles. The number of rotatable bonds is 4. The predicted molar refractivity (Wildman–Crippen MR) is 97.7 cm³/mol. The number of anilines is 1. The van der Waals surface area contributed by atoms with E-state index in [1.807, 2.05) is 30.3 Å². The summed E-state index contributed by atoms with van der Waals surface area (Å²) in [4.78, 5) is 0. The Morgan fingerprint density at radius 2 is 1.95 bits per heavy atom. The second-order valence-corrected chi connectivity index (χ2v) is 12.7. The summed E-state index contributed by atoms with van der Waals surface area (Å²) in [5, 5.41) is 4.76. The van der Waals surface area contributed by atoms with Crippen molar-refractivity contribution >= 4 is 30.1 Å². The topological polar surface area (TPSA) is 53.1 Å². The van der Waals surface area contributed by atoms with Crippen LogP contribution in [0.1, 0.15) is 26.5 Å². The Kier molecular flexibility index (Phi) is 4.84. The fraction of sp³-hybridized carbons (Fsp3) is 0.438. The van der Waals surface area contributed by atoms with Gasteiger partial charge in [-0.25, -0.2) is 4.68 Å². The molecule has 1 aromatic heterocycles. The molecule has 2 N–H and O–H groups in total. The van der Waals surface area contributed by atoms with Gasteiger partial charge in [0.05, 0.1) is 11.4 Å². The van der Waals surface area contributed by atoms with Gasteiger partial charge >= 0.3 is 0 Å². The van der Waals surface area contributed by atoms with Gasteiger partial charge in [-0.15, -0.1) is 18.1 Å². The van der Waals surface area contributed by atoms with Crippen molar-refractivity contribution in [3.8, 4) is 5.69 Å². The summed E-state index contributed by atoms with van der Waals surface area (Å²) in [5.74, 6) is 0.618. The van der Waals surface area contributed by atoms with Crippen molar-refractivity contribution in [2.45, 2.75) is 45.5 Å². The van der Waals surface area contributed by atoms with Gasteiger partial charge in [-0.3, -0.25) is 0 Å². The lowest BCUT2D eigenvalue weighted by atomic mass is 10.2. The van der Waals surface area contributed by atoms with Crippen molar-refractivity contribution < 1.29 is 4.43 Å². The van der Waals surface area contributed by atoms with E-state index in [2.05, 4.69) is 54.9 Å². The number of hydrogen-bond acceptors (Lipinski definition) is 3. The van der Waals surface area contributed by atoms with E-state index in [1.54, 1.807) is 4.68 Å². The average molecular weight is 382 g/mol. The fourth-order valence-electron chi connectivity index (χ4n) is 1.80. The first-order valence-electron chi connectivity index (χ1n) is 7.34. The molecule has 6 heteroatoms. The van der Waals surface area contributed by atoms with E-state index < -0.39 is 8.32 Å². The number of benzene rings is 1. The third-order valence-electron chi connectivity index (χ3n) is 4.23. The Morgan fingerprint density at radius 3 is 2.55 bits per heavy atom. The number of hydrogen-bond donors (Lipinski definition) is 1. The highest BCUT2D eigenvalue weighted by molar-refractivity contribution is 9.10. The molecule has 2 aromatic rings. The fourth-order valence-corrected chi connectivity index (χ4v) is 3.13. The predicted octanol–water partition coefficient (Wildman–Crippen LogP) is 4.74. The lowest BCUT2D eigenvalue weighted by Crippen LogP contribution is -2.40. The Morgan fingerprint density at radius 1 is 1.27 bits per heavy atom. The van der Waals surface area contributed by atoms with Gasteiger partial charge in [0.1, 0.15) is 5.82 Å². The molecule has 0 amide bonds. The zero-order valence-electron chi connectivity index (χ0n) is 13.9. The molecular weight excluding hydrogens is 358 g/mol. The smallest absolute Gasteiger partial charge is 0.127 e. The molecule has 1 heterocycles. The Hall–Kier alpha value is -1.11. The lowest BCUT2D eigenvalue weighted by molar-refractivity contribution is 0.271. The van der Waals surface area contributed by atoms with Crippen molar-refractivity contribution in [1.29, 1.82) is 0 Å². The van der Waals surface area contributed by atoms with Crippen molar-refractivity contribution in [2.75, 3.05) is 5.73 Å². The minimum absolute atomic E-state index is 0.186. The van der Waals surface area contributed by atoms with Crippen molar-refractivity contribution in [1.82, 2.24) is 9.78 Å². The lowest BCUT2D eigenvalue weighted by Gasteiger charge is -2.48. The number of aromatic nitrogens is 2. The molecule has 121 valence electrons. The van der Waals surface area contributed by atoms with Crippen molar-refractivity contribution in [2.24, 2.45) is 0 Å². The van der Waals surface area contributed by atoms with Crippen LogP contribution in [-0.2, 0) is 11.0 Å². The van der Waals surface area contributed by atoms with Crippen LogP contribution in [0.5, 0.6) is 0 Å². The quantitative estimate of drug-likeness (QED) is 0.778. The standard InChI is InChI=1S/C16H24BrN3OSi/c1-16(2,3)22(4,5)21-11-13-10-15(18)20(19-13)14-8-6-7-12(17)9-14/h6-10H,11,18H2,1-5H3/q-1. The van der Waals surface area contributed by atoms with E-state index in [9.17, 15) is 0 Å². The molecule has 0 aliphatic heterocycles. The molecule has 0 radical (unpaired) electrons. The van der Waals surface area contributed by atoms with Crippen LogP contribution >= 0.6 is 15.9 Å². The molecular formula is C16H24BrN3OSi-. The summed E-state index contributed by atoms with van der Waals surface area (Å²) in [6.45, 7) is 11.7. The van der Waals surface area contributed by atoms with E-state index in [0.29, 0.717) is 12.4 Å². The van der Waals surface area contributed by atoms with Gasteiger partial charge in [0.2, 0.25) is 0 Å². The van der Waals surface area contributed by atoms with E-state index in [4.69, 9.17) is 10.2 Å². The number of nitrogens with zero attached hydrogens (tertiary/aromatic N) is 2. The molecule has 2 rings (SSSR count). The largest absolute Gasteiger partial charge is 0.560 e. The van der Waals surface area contributed by atoms with Crippen LogP contribution in [0.3, 0.4) is 0 Å². The molecule has 0 aliphatic rings. The van der Waals surface area contributed by atoms with Crippen molar-refractivity contribution in [3.05, 3.63) is 40.5 Å². The molecule has 0 fully saturated rings. The van der Waals surface area contributed by atoms with Crippen LogP contribution in [0.2, 0.25) is 18.1 Å². The molecule has 4 nitrogen and oxygen atoms in total. The Balaban J connectivity index is 2.17. The van der Waals surface area contributed by atoms with E-state index >= 15 is 0 Å². The summed E-state index contributed by atoms with van der Waals surface area (Å²) in [5.41, 5.74) is 7.89. The highest BCUT2D eigenvalue weighted by Gasteiger charge is 2.25. The summed E-state index contributed by atoms with van der Waals surface area (Å²) >= 11 is 3.47. The summed E-state index contributed by atoms with van der Waals surface area (Å²) in [6, 6.07) is 9.79. The maximum Gasteiger partial charge on any atom is 0.127 e. The van der Waals surface area contributed by atoms with E-state index in [1.165, 1.54) is 0 Å². The SMILES string of the molecule is CC(C)(C)[Si-](C)(C)OCc1cc(N)n(-c2cccc(Br)c2)n1. The summed E-state index contributed by atoms with van der Waals surface area (Å²) < 4.78 is 8.95. The summed E-state index contributed by atoms with van der Waals surface area (Å²) in [7, 11) is -1.78. The second kappa shape index (κ2) is 6.18. The number of nitrogen functional groups attached to an aromatic ring is 1. The third kappa shape index (κ3) is 3.80. The van der Waals surface area contributed by atoms with Gasteiger partial charge < -0.3 is 10.2 Å². The summed E-state index contributed by atoms with van der Waals surface area (Å²) in [6.07, 6.45) is 0. The molecule has 0 spiro atoms. The number of nitrogens with two attached hydrogens (primary N) is 1. The Bertz CT molecular complexity index is 662. The van der Waals surface area contributed by atoms with Crippen LogP contribution < -0.4 is 5.73 Å². The molecule has 22 heavy (non-hydrogen) atoms. The first-order valence-corrected chi connectivity index (χ1v) is 11.0. The maximum absolute atomic E-state index is 6.21. The first kappa shape index (κ1) is 17.2. The molecule has 0 bridgehead atoms. The molecule has 0 atom stereocenters. The first-order chi connectivity index (χ1) is 10.1. The zero-order chi connectivity index (χ0) is 16.5. The molecule has 0 aliphatic carbocycles. The maximum atomic E-state index is 6.21. The van der Waals surface area contributed by atoms with Crippen LogP contribution in [0.4, 0.5) is 5.82 Å². The van der Waals surface area contributed by atoms with Crippen LogP contribution in [0.25, 0.3) is 5.69 Å². The van der Waals surface area contributed by atoms with Gasteiger partial charge in [0.25, 0.3) is 0 Å². The van der Waals surface area contributed by atoms with Crippen LogP contribution in [-0.4, -0.2) is 18.1 Å². The second-order valence-electron chi connectivity index (χ2n) is 7.00. The normalized spacial score (nSPS) is 12.6. The number of halogens is 1. The van der Waals surface area contributed by atoms with Gasteiger partial charge in [-0.05, 0) is 26.5 Å². The highest BCUT2D eigenvalue weighted by Crippen LogP contribution is 2.37. The van der Waals surface area contributed by atoms with Crippen molar-refractivity contribution in [3.63, 3.8) is 0 Å². The minimum Gasteiger partial charge on any atom is -0.560 e. The molecule has 0 saturated heterocycles. The average Bonchev–Trinajstić information content (AvgIpc) is 2.76. The van der Waals surface area contributed by atoms with Gasteiger partial charge in [0, 0.05) is 17.1 Å². The van der Waals surface area contributed by atoms with Crippen LogP contribution in [0.15, 0.2) is 34.8 Å². The monoisotopic (exact) mass is 381 g/mol. The van der Waals surface area contributed by atoms with E-state index in [-0.39, 0.29) is 5.04 Å². The molecule has 0 unspecified atom stereocenters. The highest BCUT2D eigenvalue weighted by atomic mass is 79.9. The minimum atomic E-state index is -1.78. The van der Waals surface area contributed by atoms with Gasteiger partial charge in [-0.1, -0.05) is 42.8 Å². The van der Waals surface area contributed by atoms with Gasteiger partial charge in [-0.2, -0.15) is 5.10 Å². The Labute approximate surface area is 141 Å². The molecule has 1 aromatic carbocycles.